The van der Waals surface area contributed by atoms with Crippen LogP contribution in [0.15, 0.2) is 0 Å². The summed E-state index contributed by atoms with van der Waals surface area (Å²) in [6, 6.07) is 0. The molecule has 0 bridgehead atoms. The van der Waals surface area contributed by atoms with Gasteiger partial charge in [0, 0.05) is 13.1 Å². The Kier molecular flexibility index (Phi) is 9.01. The average molecular weight is 332 g/mol. The highest BCUT2D eigenvalue weighted by molar-refractivity contribution is 5.81. The quantitative estimate of drug-likeness (QED) is 0.360. The van der Waals surface area contributed by atoms with Gasteiger partial charge in [0.1, 0.15) is 18.3 Å². The van der Waals surface area contributed by atoms with Crippen LogP contribution < -0.4 is 10.6 Å². The fraction of sp³-hybridized carbons (Fsp3) is 0.938. The van der Waals surface area contributed by atoms with Gasteiger partial charge in [0.05, 0.1) is 6.10 Å². The van der Waals surface area contributed by atoms with Gasteiger partial charge in [0.2, 0.25) is 0 Å². The Morgan fingerprint density at radius 2 is 1.83 bits per heavy atom. The summed E-state index contributed by atoms with van der Waals surface area (Å²) in [6.07, 6.45) is -2.96. The lowest BCUT2D eigenvalue weighted by Crippen LogP contribution is -2.63. The average Bonchev–Trinajstić information content (AvgIpc) is 2.51. The van der Waals surface area contributed by atoms with Gasteiger partial charge in [-0.05, 0) is 18.9 Å². The summed E-state index contributed by atoms with van der Waals surface area (Å²) in [5.41, 5.74) is 0. The monoisotopic (exact) mass is 332 g/mol. The van der Waals surface area contributed by atoms with Crippen LogP contribution in [0.25, 0.3) is 0 Å². The zero-order chi connectivity index (χ0) is 17.4. The van der Waals surface area contributed by atoms with E-state index in [0.717, 1.165) is 19.3 Å². The van der Waals surface area contributed by atoms with Gasteiger partial charge in [-0.1, -0.05) is 33.6 Å². The second-order valence-corrected chi connectivity index (χ2v) is 6.56. The first-order valence-corrected chi connectivity index (χ1v) is 8.56. The van der Waals surface area contributed by atoms with Gasteiger partial charge in [-0.15, -0.1) is 0 Å². The number of nitrogens with one attached hydrogen (secondary N) is 2. The fourth-order valence-electron chi connectivity index (χ4n) is 2.61. The van der Waals surface area contributed by atoms with Gasteiger partial charge in [-0.2, -0.15) is 0 Å². The van der Waals surface area contributed by atoms with Crippen LogP contribution in [-0.4, -0.2) is 71.4 Å². The van der Waals surface area contributed by atoms with E-state index in [1.807, 2.05) is 6.92 Å². The van der Waals surface area contributed by atoms with Crippen LogP contribution >= 0.6 is 0 Å². The second-order valence-electron chi connectivity index (χ2n) is 6.56. The molecule has 0 spiro atoms. The van der Waals surface area contributed by atoms with Crippen molar-refractivity contribution in [3.8, 4) is 0 Å². The maximum atomic E-state index is 12.2. The molecule has 0 aromatic heterocycles. The standard InChI is InChI=1S/C16H32N2O5/c1-4-17-9-11-12(19)13(20)14(21)15(23-11)16(22)18-8-6-5-7-10(2)3/h10-15,17,19-21H,4-9H2,1-3H3,(H,18,22). The molecule has 1 aliphatic heterocycles. The maximum Gasteiger partial charge on any atom is 0.251 e. The number of hydrogen-bond acceptors (Lipinski definition) is 6. The highest BCUT2D eigenvalue weighted by Crippen LogP contribution is 2.21. The van der Waals surface area contributed by atoms with E-state index in [0.29, 0.717) is 25.6 Å². The molecule has 136 valence electrons. The number of carbonyl (C=O) groups is 1. The minimum atomic E-state index is -1.43. The molecule has 7 heteroatoms. The van der Waals surface area contributed by atoms with E-state index in [1.54, 1.807) is 0 Å². The van der Waals surface area contributed by atoms with Gasteiger partial charge >= 0.3 is 0 Å². The van der Waals surface area contributed by atoms with Crippen LogP contribution in [0.4, 0.5) is 0 Å². The SMILES string of the molecule is CCNCC1OC(C(=O)NCCCCC(C)C)C(O)C(O)C1O. The van der Waals surface area contributed by atoms with Crippen molar-refractivity contribution >= 4 is 5.91 Å². The van der Waals surface area contributed by atoms with Gasteiger partial charge < -0.3 is 30.7 Å². The molecule has 1 aliphatic rings. The largest absolute Gasteiger partial charge is 0.388 e. The number of aliphatic hydroxyl groups excluding tert-OH is 3. The number of hydrogen-bond donors (Lipinski definition) is 5. The predicted molar refractivity (Wildman–Crippen MR) is 86.9 cm³/mol. The Bertz CT molecular complexity index is 353. The number of likely N-dealkylation sites (N-methyl/N-ethyl adjacent to an activating group) is 1. The van der Waals surface area contributed by atoms with Crippen molar-refractivity contribution in [1.82, 2.24) is 10.6 Å². The van der Waals surface area contributed by atoms with E-state index in [-0.39, 0.29) is 0 Å². The fourth-order valence-corrected chi connectivity index (χ4v) is 2.61. The van der Waals surface area contributed by atoms with Crippen molar-refractivity contribution in [3.63, 3.8) is 0 Å². The Hall–Kier alpha value is -0.730. The van der Waals surface area contributed by atoms with Crippen LogP contribution in [0, 0.1) is 5.92 Å². The number of rotatable bonds is 9. The molecule has 1 saturated heterocycles. The van der Waals surface area contributed by atoms with Crippen LogP contribution in [0.1, 0.15) is 40.0 Å². The molecule has 5 atom stereocenters. The number of aliphatic hydroxyl groups is 3. The molecular weight excluding hydrogens is 300 g/mol. The van der Waals surface area contributed by atoms with Crippen molar-refractivity contribution < 1.29 is 24.9 Å². The summed E-state index contributed by atoms with van der Waals surface area (Å²) < 4.78 is 5.51. The summed E-state index contributed by atoms with van der Waals surface area (Å²) in [4.78, 5) is 12.2. The Labute approximate surface area is 138 Å². The summed E-state index contributed by atoms with van der Waals surface area (Å²) in [5.74, 6) is 0.187. The number of carbonyl (C=O) groups excluding carboxylic acids is 1. The minimum Gasteiger partial charge on any atom is -0.388 e. The molecule has 1 amide bonds. The first-order chi connectivity index (χ1) is 10.9. The minimum absolute atomic E-state index is 0.305. The highest BCUT2D eigenvalue weighted by Gasteiger charge is 2.46. The molecule has 0 aliphatic carbocycles. The molecule has 7 nitrogen and oxygen atoms in total. The van der Waals surface area contributed by atoms with E-state index < -0.39 is 36.4 Å². The van der Waals surface area contributed by atoms with Crippen molar-refractivity contribution in [2.75, 3.05) is 19.6 Å². The van der Waals surface area contributed by atoms with Gasteiger partial charge in [-0.25, -0.2) is 0 Å². The molecule has 5 unspecified atom stereocenters. The molecule has 0 saturated carbocycles. The molecule has 1 heterocycles. The Morgan fingerprint density at radius 3 is 2.43 bits per heavy atom. The highest BCUT2D eigenvalue weighted by atomic mass is 16.5. The lowest BCUT2D eigenvalue weighted by atomic mass is 9.94. The number of amides is 1. The van der Waals surface area contributed by atoms with E-state index in [4.69, 9.17) is 4.74 Å². The number of unbranched alkanes of at least 4 members (excludes halogenated alkanes) is 1. The van der Waals surface area contributed by atoms with Gasteiger partial charge in [0.25, 0.3) is 5.91 Å². The van der Waals surface area contributed by atoms with Crippen LogP contribution in [0.2, 0.25) is 0 Å². The topological polar surface area (TPSA) is 111 Å². The molecule has 0 radical (unpaired) electrons. The van der Waals surface area contributed by atoms with Crippen molar-refractivity contribution in [1.29, 1.82) is 0 Å². The summed E-state index contributed by atoms with van der Waals surface area (Å²) in [7, 11) is 0. The zero-order valence-corrected chi connectivity index (χ0v) is 14.4. The summed E-state index contributed by atoms with van der Waals surface area (Å²) >= 11 is 0. The number of ether oxygens (including phenoxy) is 1. The van der Waals surface area contributed by atoms with E-state index >= 15 is 0 Å². The Balaban J connectivity index is 2.46. The molecule has 5 N–H and O–H groups in total. The molecule has 1 fully saturated rings. The molecule has 0 aromatic rings. The third-order valence-corrected chi connectivity index (χ3v) is 4.07. The molecule has 1 rings (SSSR count). The zero-order valence-electron chi connectivity index (χ0n) is 14.4. The van der Waals surface area contributed by atoms with Crippen molar-refractivity contribution in [2.45, 2.75) is 70.6 Å². The van der Waals surface area contributed by atoms with Crippen molar-refractivity contribution in [2.24, 2.45) is 5.92 Å². The van der Waals surface area contributed by atoms with Crippen molar-refractivity contribution in [3.05, 3.63) is 0 Å². The van der Waals surface area contributed by atoms with Crippen LogP contribution in [0.5, 0.6) is 0 Å². The third kappa shape index (κ3) is 6.35. The summed E-state index contributed by atoms with van der Waals surface area (Å²) in [6.45, 7) is 7.71. The smallest absolute Gasteiger partial charge is 0.251 e. The normalized spacial score (nSPS) is 31.3. The van der Waals surface area contributed by atoms with Crippen LogP contribution in [-0.2, 0) is 9.53 Å². The molecule has 23 heavy (non-hydrogen) atoms. The van der Waals surface area contributed by atoms with Gasteiger partial charge in [0.15, 0.2) is 6.10 Å². The first kappa shape index (κ1) is 20.3. The molecule has 0 aromatic carbocycles. The predicted octanol–water partition coefficient (Wildman–Crippen LogP) is -0.611. The second kappa shape index (κ2) is 10.2. The lowest BCUT2D eigenvalue weighted by Gasteiger charge is -2.40. The summed E-state index contributed by atoms with van der Waals surface area (Å²) in [5, 5.41) is 35.6. The maximum absolute atomic E-state index is 12.2. The third-order valence-electron chi connectivity index (χ3n) is 4.07. The van der Waals surface area contributed by atoms with E-state index in [2.05, 4.69) is 24.5 Å². The first-order valence-electron chi connectivity index (χ1n) is 8.56. The Morgan fingerprint density at radius 1 is 1.13 bits per heavy atom. The van der Waals surface area contributed by atoms with Crippen LogP contribution in [0.3, 0.4) is 0 Å². The van der Waals surface area contributed by atoms with Gasteiger partial charge in [-0.3, -0.25) is 4.79 Å². The van der Waals surface area contributed by atoms with E-state index in [9.17, 15) is 20.1 Å². The molecular formula is C16H32N2O5. The lowest BCUT2D eigenvalue weighted by molar-refractivity contribution is -0.219. The van der Waals surface area contributed by atoms with E-state index in [1.165, 1.54) is 0 Å².